The Morgan fingerprint density at radius 1 is 1.39 bits per heavy atom. The van der Waals surface area contributed by atoms with E-state index in [-0.39, 0.29) is 39.6 Å². The van der Waals surface area contributed by atoms with Crippen molar-refractivity contribution in [2.45, 2.75) is 11.6 Å². The second kappa shape index (κ2) is 8.58. The van der Waals surface area contributed by atoms with Crippen LogP contribution in [0.15, 0.2) is 4.34 Å². The molecule has 7 nitrogen and oxygen atoms in total. The zero-order valence-corrected chi connectivity index (χ0v) is 17.7. The molecular formula is C4H2Br3N2NaO5S3. The van der Waals surface area contributed by atoms with E-state index >= 15 is 0 Å². The zero-order valence-electron chi connectivity index (χ0n) is 8.50. The monoisotopic (exact) mass is 514 g/mol. The molecule has 0 radical (unpaired) electrons. The van der Waals surface area contributed by atoms with Crippen LogP contribution in [0.2, 0.25) is 0 Å². The Morgan fingerprint density at radius 3 is 2.50 bits per heavy atom. The predicted octanol–water partition coefficient (Wildman–Crippen LogP) is -1.52. The number of alkyl halides is 3. The third-order valence-corrected chi connectivity index (χ3v) is 8.58. The molecule has 98 valence electrons. The summed E-state index contributed by atoms with van der Waals surface area (Å²) in [6.45, 7) is 0. The van der Waals surface area contributed by atoms with Crippen molar-refractivity contribution in [2.24, 2.45) is 0 Å². The van der Waals surface area contributed by atoms with Crippen LogP contribution in [0.1, 0.15) is 5.01 Å². The Labute approximate surface area is 158 Å². The predicted molar refractivity (Wildman–Crippen MR) is 70.1 cm³/mol. The molecule has 0 atom stereocenters. The molecule has 0 amide bonds. The second-order valence-corrected chi connectivity index (χ2v) is 14.6. The number of rotatable bonds is 5. The minimum atomic E-state index is -3.73. The van der Waals surface area contributed by atoms with Gasteiger partial charge in [-0.15, -0.1) is 10.2 Å². The molecule has 0 aliphatic carbocycles. The van der Waals surface area contributed by atoms with Gasteiger partial charge in [0.15, 0.2) is 0 Å². The van der Waals surface area contributed by atoms with Crippen molar-refractivity contribution < 1.29 is 52.6 Å². The van der Waals surface area contributed by atoms with E-state index in [1.165, 1.54) is 0 Å². The van der Waals surface area contributed by atoms with Gasteiger partial charge in [-0.25, -0.2) is 8.42 Å². The van der Waals surface area contributed by atoms with Crippen LogP contribution < -0.4 is 34.8 Å². The molecule has 0 saturated heterocycles. The van der Waals surface area contributed by atoms with E-state index < -0.39 is 11.3 Å². The second-order valence-electron chi connectivity index (χ2n) is 2.31. The topological polar surface area (TPSA) is 101 Å². The fraction of sp³-hybridized carbons (Fsp3) is 0.500. The van der Waals surface area contributed by atoms with Crippen LogP contribution in [-0.2, 0) is 25.0 Å². The van der Waals surface area contributed by atoms with Gasteiger partial charge in [0.05, 0.1) is 5.75 Å². The molecule has 0 saturated carbocycles. The van der Waals surface area contributed by atoms with Crippen molar-refractivity contribution in [3.63, 3.8) is 0 Å². The molecule has 0 aromatic carbocycles. The third kappa shape index (κ3) is 5.52. The molecule has 1 rings (SSSR count). The summed E-state index contributed by atoms with van der Waals surface area (Å²) in [5, 5.41) is 20.2. The first-order valence-corrected chi connectivity index (χ1v) is 9.10. The summed E-state index contributed by atoms with van der Waals surface area (Å²) >= 11 is 10.2. The molecule has 0 fully saturated rings. The summed E-state index contributed by atoms with van der Waals surface area (Å²) in [4.78, 5) is 0. The summed E-state index contributed by atoms with van der Waals surface area (Å²) in [5.74, 6) is 0.148. The van der Waals surface area contributed by atoms with E-state index in [4.69, 9.17) is 0 Å². The van der Waals surface area contributed by atoms with E-state index in [1.54, 1.807) is 0 Å². The van der Waals surface area contributed by atoms with E-state index in [2.05, 4.69) is 67.4 Å². The van der Waals surface area contributed by atoms with E-state index in [1.807, 2.05) is 0 Å². The van der Waals surface area contributed by atoms with Gasteiger partial charge in [0.25, 0.3) is 0 Å². The maximum absolute atomic E-state index is 11.9. The molecule has 1 aromatic rings. The quantitative estimate of drug-likeness (QED) is 0.116. The van der Waals surface area contributed by atoms with Gasteiger partial charge >= 0.3 is 29.6 Å². The fourth-order valence-corrected chi connectivity index (χ4v) is 5.38. The molecule has 0 spiro atoms. The molecule has 0 N–H and O–H groups in total. The molecule has 0 unspecified atom stereocenters. The summed E-state index contributed by atoms with van der Waals surface area (Å²) in [7, 11) is -3.73. The van der Waals surface area contributed by atoms with Crippen molar-refractivity contribution in [2.75, 3.05) is 0 Å². The molecule has 18 heavy (non-hydrogen) atoms. The van der Waals surface area contributed by atoms with Crippen LogP contribution in [0, 0.1) is 0 Å². The summed E-state index contributed by atoms with van der Waals surface area (Å²) < 4.78 is 26.1. The first-order valence-electron chi connectivity index (χ1n) is 3.51. The van der Waals surface area contributed by atoms with Crippen molar-refractivity contribution >= 4 is 81.0 Å². The Morgan fingerprint density at radius 2 is 2.00 bits per heavy atom. The molecule has 0 bridgehead atoms. The molecular weight excluding hydrogens is 515 g/mol. The van der Waals surface area contributed by atoms with Crippen LogP contribution in [0.3, 0.4) is 0 Å². The van der Waals surface area contributed by atoms with Crippen LogP contribution in [-0.4, -0.2) is 20.1 Å². The number of sulfone groups is 1. The summed E-state index contributed by atoms with van der Waals surface area (Å²) in [5.41, 5.74) is 0. The Balaban J connectivity index is 0.00000289. The Bertz CT molecular complexity index is 477. The number of aromatic nitrogens is 2. The first-order chi connectivity index (χ1) is 7.79. The zero-order chi connectivity index (χ0) is 13.1. The van der Waals surface area contributed by atoms with Crippen LogP contribution in [0.4, 0.5) is 0 Å². The van der Waals surface area contributed by atoms with Gasteiger partial charge in [0.2, 0.25) is 15.7 Å². The van der Waals surface area contributed by atoms with Gasteiger partial charge in [-0.3, -0.25) is 5.04 Å². The van der Waals surface area contributed by atoms with E-state index in [9.17, 15) is 13.7 Å². The smallest absolute Gasteiger partial charge is 0.691 e. The SMILES string of the molecule is O=S(=O)(c1nnc(CSOO[O-])s1)C(Br)(Br)Br.[Na+]. The van der Waals surface area contributed by atoms with Crippen LogP contribution in [0.25, 0.3) is 0 Å². The number of halogens is 3. The van der Waals surface area contributed by atoms with Crippen molar-refractivity contribution in [1.29, 1.82) is 0 Å². The van der Waals surface area contributed by atoms with Crippen molar-refractivity contribution in [3.8, 4) is 0 Å². The van der Waals surface area contributed by atoms with Gasteiger partial charge in [0.1, 0.15) is 5.01 Å². The molecule has 14 heteroatoms. The largest absolute Gasteiger partial charge is 1.00 e. The molecule has 0 aliphatic heterocycles. The van der Waals surface area contributed by atoms with Crippen LogP contribution in [0.5, 0.6) is 0 Å². The molecule has 0 aliphatic rings. The molecule has 1 heterocycles. The van der Waals surface area contributed by atoms with Gasteiger partial charge in [0, 0.05) is 12.0 Å². The minimum absolute atomic E-state index is 0. The summed E-state index contributed by atoms with van der Waals surface area (Å²) in [6.07, 6.45) is 0. The van der Waals surface area contributed by atoms with Gasteiger partial charge in [-0.05, 0) is 47.8 Å². The maximum atomic E-state index is 11.9. The minimum Gasteiger partial charge on any atom is -0.691 e. The number of hydrogen-bond donors (Lipinski definition) is 0. The first kappa shape index (κ1) is 20.2. The average Bonchev–Trinajstić information content (AvgIpc) is 2.65. The van der Waals surface area contributed by atoms with Gasteiger partial charge < -0.3 is 5.26 Å². The number of nitrogens with zero attached hydrogens (tertiary/aromatic N) is 2. The fourth-order valence-electron chi connectivity index (χ4n) is 0.598. The normalized spacial score (nSPS) is 12.2. The maximum Gasteiger partial charge on any atom is 1.00 e. The Kier molecular flexibility index (Phi) is 9.62. The standard InChI is InChI=1S/C4H3Br3N2O5S3.Na/c5-4(6,7)17(11,12)3-9-8-2(16-3)1-15-14-13-10;/h10H,1H2;/q;+1/p-1. The van der Waals surface area contributed by atoms with E-state index in [0.717, 1.165) is 11.3 Å². The average molecular weight is 517 g/mol. The Hall–Kier alpha value is 2.18. The molecule has 1 aromatic heterocycles. The van der Waals surface area contributed by atoms with Crippen LogP contribution >= 0.6 is 71.2 Å². The van der Waals surface area contributed by atoms with Crippen molar-refractivity contribution in [1.82, 2.24) is 10.2 Å². The van der Waals surface area contributed by atoms with Gasteiger partial charge in [-0.2, -0.15) is 4.33 Å². The summed E-state index contributed by atoms with van der Waals surface area (Å²) in [6, 6.07) is 0. The van der Waals surface area contributed by atoms with Crippen molar-refractivity contribution in [3.05, 3.63) is 5.01 Å². The van der Waals surface area contributed by atoms with Gasteiger partial charge in [-0.1, -0.05) is 11.3 Å². The number of hydrogen-bond acceptors (Lipinski definition) is 9. The third-order valence-electron chi connectivity index (χ3n) is 1.24. The van der Waals surface area contributed by atoms with E-state index in [0.29, 0.717) is 17.1 Å².